The predicted molar refractivity (Wildman–Crippen MR) is 115 cm³/mol. The molecule has 0 aliphatic rings. The first-order valence-electron chi connectivity index (χ1n) is 9.68. The van der Waals surface area contributed by atoms with Crippen molar-refractivity contribution in [3.05, 3.63) is 58.6 Å². The van der Waals surface area contributed by atoms with Crippen LogP contribution in [0.15, 0.2) is 47.5 Å². The molecule has 1 heterocycles. The number of carbonyl (C=O) groups excluding carboxylic acids is 1. The van der Waals surface area contributed by atoms with Gasteiger partial charge < -0.3 is 24.6 Å². The van der Waals surface area contributed by atoms with Crippen LogP contribution in [-0.4, -0.2) is 54.0 Å². The second kappa shape index (κ2) is 9.94. The molecule has 0 aliphatic carbocycles. The highest BCUT2D eigenvalue weighted by atomic mass is 16.5. The van der Waals surface area contributed by atoms with E-state index in [9.17, 15) is 14.7 Å². The van der Waals surface area contributed by atoms with Gasteiger partial charge in [0.2, 0.25) is 11.7 Å². The highest BCUT2D eigenvalue weighted by Crippen LogP contribution is 2.36. The zero-order valence-corrected chi connectivity index (χ0v) is 17.6. The Bertz CT molecular complexity index is 1110. The van der Waals surface area contributed by atoms with E-state index < -0.39 is 12.0 Å². The SMILES string of the molecule is COc1cccc(OC)c1OCC(O)CNC(=O)Cn1cnc2c(C)cccc2c1=O. The number of methoxy groups -OCH3 is 2. The Balaban J connectivity index is 1.56. The summed E-state index contributed by atoms with van der Waals surface area (Å²) in [5.41, 5.74) is 1.21. The van der Waals surface area contributed by atoms with Gasteiger partial charge in [-0.15, -0.1) is 0 Å². The van der Waals surface area contributed by atoms with E-state index in [1.54, 1.807) is 30.3 Å². The quantitative estimate of drug-likeness (QED) is 0.529. The molecule has 0 aliphatic heterocycles. The number of aliphatic hydroxyl groups is 1. The van der Waals surface area contributed by atoms with Crippen molar-refractivity contribution in [2.75, 3.05) is 27.4 Å². The summed E-state index contributed by atoms with van der Waals surface area (Å²) in [6, 6.07) is 10.5. The molecule has 0 fully saturated rings. The molecule has 2 N–H and O–H groups in total. The number of amides is 1. The second-order valence-electron chi connectivity index (χ2n) is 6.91. The van der Waals surface area contributed by atoms with Gasteiger partial charge in [-0.3, -0.25) is 14.2 Å². The van der Waals surface area contributed by atoms with Crippen LogP contribution in [0.2, 0.25) is 0 Å². The van der Waals surface area contributed by atoms with E-state index in [1.165, 1.54) is 25.1 Å². The first-order valence-corrected chi connectivity index (χ1v) is 9.68. The van der Waals surface area contributed by atoms with Gasteiger partial charge in [0.25, 0.3) is 5.56 Å². The fourth-order valence-corrected chi connectivity index (χ4v) is 3.09. The Morgan fingerprint density at radius 1 is 1.16 bits per heavy atom. The molecular weight excluding hydrogens is 402 g/mol. The molecule has 0 saturated carbocycles. The third-order valence-electron chi connectivity index (χ3n) is 4.71. The molecule has 3 aromatic rings. The van der Waals surface area contributed by atoms with E-state index in [0.29, 0.717) is 28.2 Å². The summed E-state index contributed by atoms with van der Waals surface area (Å²) in [5.74, 6) is 0.870. The molecule has 164 valence electrons. The lowest BCUT2D eigenvalue weighted by Crippen LogP contribution is -2.38. The second-order valence-corrected chi connectivity index (χ2v) is 6.91. The average Bonchev–Trinajstić information content (AvgIpc) is 2.78. The fourth-order valence-electron chi connectivity index (χ4n) is 3.09. The van der Waals surface area contributed by atoms with Crippen molar-refractivity contribution in [3.8, 4) is 17.2 Å². The Morgan fingerprint density at radius 3 is 2.52 bits per heavy atom. The van der Waals surface area contributed by atoms with E-state index in [-0.39, 0.29) is 25.3 Å². The maximum atomic E-state index is 12.6. The van der Waals surface area contributed by atoms with Gasteiger partial charge in [0.05, 0.1) is 31.4 Å². The van der Waals surface area contributed by atoms with Crippen molar-refractivity contribution in [2.24, 2.45) is 0 Å². The lowest BCUT2D eigenvalue weighted by molar-refractivity contribution is -0.122. The van der Waals surface area contributed by atoms with E-state index in [4.69, 9.17) is 14.2 Å². The van der Waals surface area contributed by atoms with Crippen molar-refractivity contribution < 1.29 is 24.1 Å². The van der Waals surface area contributed by atoms with Crippen LogP contribution in [-0.2, 0) is 11.3 Å². The van der Waals surface area contributed by atoms with Crippen LogP contribution in [0.5, 0.6) is 17.2 Å². The molecule has 0 saturated heterocycles. The minimum absolute atomic E-state index is 0.0504. The normalized spacial score (nSPS) is 11.7. The zero-order chi connectivity index (χ0) is 22.4. The topological polar surface area (TPSA) is 112 Å². The third-order valence-corrected chi connectivity index (χ3v) is 4.71. The summed E-state index contributed by atoms with van der Waals surface area (Å²) in [7, 11) is 3.01. The number of hydrogen-bond acceptors (Lipinski definition) is 7. The molecule has 2 aromatic carbocycles. The van der Waals surface area contributed by atoms with Gasteiger partial charge in [-0.1, -0.05) is 18.2 Å². The Labute approximate surface area is 179 Å². The molecule has 1 atom stereocenters. The number of hydrogen-bond donors (Lipinski definition) is 2. The molecule has 0 bridgehead atoms. The molecule has 1 unspecified atom stereocenters. The molecule has 31 heavy (non-hydrogen) atoms. The summed E-state index contributed by atoms with van der Waals surface area (Å²) in [5, 5.41) is 13.2. The maximum Gasteiger partial charge on any atom is 0.261 e. The van der Waals surface area contributed by atoms with Crippen LogP contribution >= 0.6 is 0 Å². The van der Waals surface area contributed by atoms with E-state index >= 15 is 0 Å². The van der Waals surface area contributed by atoms with Crippen LogP contribution in [0.4, 0.5) is 0 Å². The number of benzene rings is 2. The lowest BCUT2D eigenvalue weighted by atomic mass is 10.1. The van der Waals surface area contributed by atoms with Crippen LogP contribution in [0.25, 0.3) is 10.9 Å². The van der Waals surface area contributed by atoms with Gasteiger partial charge in [0.15, 0.2) is 11.5 Å². The number of ether oxygens (including phenoxy) is 3. The summed E-state index contributed by atoms with van der Waals surface area (Å²) in [6.07, 6.45) is 0.373. The smallest absolute Gasteiger partial charge is 0.261 e. The molecule has 1 amide bonds. The van der Waals surface area contributed by atoms with E-state index in [1.807, 2.05) is 13.0 Å². The number of para-hydroxylation sites is 2. The number of aryl methyl sites for hydroxylation is 1. The first-order chi connectivity index (χ1) is 14.9. The summed E-state index contributed by atoms with van der Waals surface area (Å²) in [6.45, 7) is 1.53. The molecule has 0 radical (unpaired) electrons. The minimum Gasteiger partial charge on any atom is -0.493 e. The number of carbonyl (C=O) groups is 1. The Hall–Kier alpha value is -3.59. The van der Waals surface area contributed by atoms with Gasteiger partial charge >= 0.3 is 0 Å². The molecule has 0 spiro atoms. The van der Waals surface area contributed by atoms with Crippen molar-refractivity contribution in [1.82, 2.24) is 14.9 Å². The number of rotatable bonds is 9. The van der Waals surface area contributed by atoms with Crippen LogP contribution < -0.4 is 25.1 Å². The number of nitrogens with one attached hydrogen (secondary N) is 1. The van der Waals surface area contributed by atoms with Gasteiger partial charge in [0.1, 0.15) is 19.3 Å². The summed E-state index contributed by atoms with van der Waals surface area (Å²) in [4.78, 5) is 29.1. The molecule has 3 rings (SSSR count). The van der Waals surface area contributed by atoms with Gasteiger partial charge in [-0.25, -0.2) is 4.98 Å². The van der Waals surface area contributed by atoms with E-state index in [2.05, 4.69) is 10.3 Å². The average molecular weight is 427 g/mol. The van der Waals surface area contributed by atoms with Crippen molar-refractivity contribution in [1.29, 1.82) is 0 Å². The summed E-state index contributed by atoms with van der Waals surface area (Å²) >= 11 is 0. The monoisotopic (exact) mass is 427 g/mol. The molecule has 9 heteroatoms. The predicted octanol–water partition coefficient (Wildman–Crippen LogP) is 1.28. The van der Waals surface area contributed by atoms with Crippen molar-refractivity contribution in [2.45, 2.75) is 19.6 Å². The van der Waals surface area contributed by atoms with Gasteiger partial charge in [0, 0.05) is 6.54 Å². The lowest BCUT2D eigenvalue weighted by Gasteiger charge is -2.17. The largest absolute Gasteiger partial charge is 0.493 e. The highest BCUT2D eigenvalue weighted by molar-refractivity contribution is 5.81. The number of fused-ring (bicyclic) bond motifs is 1. The van der Waals surface area contributed by atoms with E-state index in [0.717, 1.165) is 5.56 Å². The summed E-state index contributed by atoms with van der Waals surface area (Å²) < 4.78 is 17.3. The van der Waals surface area contributed by atoms with Gasteiger partial charge in [-0.2, -0.15) is 0 Å². The Kier molecular flexibility index (Phi) is 7.09. The first kappa shape index (κ1) is 22.1. The maximum absolute atomic E-state index is 12.6. The van der Waals surface area contributed by atoms with Crippen molar-refractivity contribution in [3.63, 3.8) is 0 Å². The molecule has 1 aromatic heterocycles. The van der Waals surface area contributed by atoms with Crippen molar-refractivity contribution >= 4 is 16.8 Å². The van der Waals surface area contributed by atoms with Crippen LogP contribution in [0.3, 0.4) is 0 Å². The standard InChI is InChI=1S/C22H25N3O6/c1-14-6-4-7-16-20(14)24-13-25(22(16)28)11-19(27)23-10-15(26)12-31-21-17(29-2)8-5-9-18(21)30-3/h4-9,13,15,26H,10-12H2,1-3H3,(H,23,27). The third kappa shape index (κ3) is 5.13. The minimum atomic E-state index is -0.979. The zero-order valence-electron chi connectivity index (χ0n) is 17.6. The Morgan fingerprint density at radius 2 is 1.84 bits per heavy atom. The molecule has 9 nitrogen and oxygen atoms in total. The molecular formula is C22H25N3O6. The highest BCUT2D eigenvalue weighted by Gasteiger charge is 2.15. The van der Waals surface area contributed by atoms with Gasteiger partial charge in [-0.05, 0) is 30.7 Å². The number of aliphatic hydroxyl groups excluding tert-OH is 1. The number of aromatic nitrogens is 2. The van der Waals surface area contributed by atoms with Crippen LogP contribution in [0, 0.1) is 6.92 Å². The number of nitrogens with zero attached hydrogens (tertiary/aromatic N) is 2. The fraction of sp³-hybridized carbons (Fsp3) is 0.318. The van der Waals surface area contributed by atoms with Crippen LogP contribution in [0.1, 0.15) is 5.56 Å².